The maximum absolute atomic E-state index is 12.1. The summed E-state index contributed by atoms with van der Waals surface area (Å²) >= 11 is 0. The van der Waals surface area contributed by atoms with E-state index in [1.54, 1.807) is 13.2 Å². The third kappa shape index (κ3) is 4.88. The highest BCUT2D eigenvalue weighted by molar-refractivity contribution is 5.91. The molecule has 0 radical (unpaired) electrons. The number of carbonyl (C=O) groups is 1. The molecule has 7 heteroatoms. The number of fused-ring (bicyclic) bond motifs is 1. The molecule has 0 saturated heterocycles. The van der Waals surface area contributed by atoms with Crippen LogP contribution in [0.3, 0.4) is 0 Å². The minimum absolute atomic E-state index is 0.213. The van der Waals surface area contributed by atoms with E-state index in [-0.39, 0.29) is 5.91 Å². The number of unbranched alkanes of at least 4 members (excludes halogenated alkanes) is 1. The second-order valence-electron chi connectivity index (χ2n) is 6.21. The number of rotatable bonds is 9. The Labute approximate surface area is 164 Å². The first kappa shape index (κ1) is 19.4. The van der Waals surface area contributed by atoms with Crippen LogP contribution in [0.25, 0.3) is 11.7 Å². The molecule has 2 aromatic heterocycles. The van der Waals surface area contributed by atoms with Crippen molar-refractivity contribution in [1.29, 1.82) is 0 Å². The van der Waals surface area contributed by atoms with Crippen LogP contribution in [0.5, 0.6) is 11.5 Å². The number of hydrogen-bond donors (Lipinski definition) is 1. The third-order valence-corrected chi connectivity index (χ3v) is 4.18. The van der Waals surface area contributed by atoms with E-state index in [1.165, 1.54) is 6.08 Å². The van der Waals surface area contributed by atoms with Gasteiger partial charge in [-0.1, -0.05) is 25.5 Å². The number of carbonyl (C=O) groups excluding carboxylic acids is 1. The summed E-state index contributed by atoms with van der Waals surface area (Å²) in [7, 11) is 1.60. The topological polar surface area (TPSA) is 77.8 Å². The van der Waals surface area contributed by atoms with Gasteiger partial charge in [-0.3, -0.25) is 9.20 Å². The molecule has 3 aromatic rings. The second-order valence-corrected chi connectivity index (χ2v) is 6.21. The van der Waals surface area contributed by atoms with Gasteiger partial charge in [-0.25, -0.2) is 0 Å². The van der Waals surface area contributed by atoms with Crippen LogP contribution in [0.4, 0.5) is 0 Å². The molecule has 2 heterocycles. The number of pyridine rings is 1. The van der Waals surface area contributed by atoms with E-state index >= 15 is 0 Å². The maximum atomic E-state index is 12.1. The molecular formula is C21H24N4O3. The lowest BCUT2D eigenvalue weighted by Gasteiger charge is -2.10. The lowest BCUT2D eigenvalue weighted by Crippen LogP contribution is -2.21. The maximum Gasteiger partial charge on any atom is 0.244 e. The first-order chi connectivity index (χ1) is 13.7. The Bertz CT molecular complexity index is 965. The fraction of sp³-hybridized carbons (Fsp3) is 0.286. The lowest BCUT2D eigenvalue weighted by atomic mass is 10.2. The average Bonchev–Trinajstić information content (AvgIpc) is 3.14. The van der Waals surface area contributed by atoms with E-state index in [2.05, 4.69) is 22.4 Å². The van der Waals surface area contributed by atoms with Crippen molar-refractivity contribution in [3.05, 3.63) is 60.1 Å². The molecule has 1 amide bonds. The molecule has 7 nitrogen and oxygen atoms in total. The molecule has 1 N–H and O–H groups in total. The zero-order valence-electron chi connectivity index (χ0n) is 16.1. The van der Waals surface area contributed by atoms with E-state index in [0.717, 1.165) is 24.1 Å². The van der Waals surface area contributed by atoms with Crippen LogP contribution in [0, 0.1) is 0 Å². The van der Waals surface area contributed by atoms with E-state index in [9.17, 15) is 4.79 Å². The van der Waals surface area contributed by atoms with Crippen molar-refractivity contribution in [1.82, 2.24) is 19.9 Å². The highest BCUT2D eigenvalue weighted by Crippen LogP contribution is 2.28. The van der Waals surface area contributed by atoms with Gasteiger partial charge in [-0.2, -0.15) is 0 Å². The molecule has 146 valence electrons. The monoisotopic (exact) mass is 380 g/mol. The zero-order chi connectivity index (χ0) is 19.8. The van der Waals surface area contributed by atoms with Crippen LogP contribution in [0.1, 0.15) is 31.2 Å². The van der Waals surface area contributed by atoms with Gasteiger partial charge in [0, 0.05) is 12.3 Å². The molecular weight excluding hydrogens is 356 g/mol. The van der Waals surface area contributed by atoms with Crippen LogP contribution >= 0.6 is 0 Å². The molecule has 0 aliphatic rings. The molecule has 0 saturated carbocycles. The minimum atomic E-state index is -0.213. The van der Waals surface area contributed by atoms with Crippen LogP contribution < -0.4 is 14.8 Å². The zero-order valence-corrected chi connectivity index (χ0v) is 16.1. The summed E-state index contributed by atoms with van der Waals surface area (Å²) in [5.74, 6) is 1.81. The molecule has 0 fully saturated rings. The standard InChI is InChI=1S/C21H24N4O3/c1-3-4-13-28-17-10-8-16(14-18(17)27-2)9-11-21(26)22-15-20-24-23-19-7-5-6-12-25(19)20/h5-12,14H,3-4,13,15H2,1-2H3,(H,22,26)/b11-9+. The Kier molecular flexibility index (Phi) is 6.62. The minimum Gasteiger partial charge on any atom is -0.493 e. The molecule has 0 spiro atoms. The number of aromatic nitrogens is 3. The summed E-state index contributed by atoms with van der Waals surface area (Å²) in [5, 5.41) is 11.0. The molecule has 28 heavy (non-hydrogen) atoms. The summed E-state index contributed by atoms with van der Waals surface area (Å²) in [6.45, 7) is 3.06. The predicted molar refractivity (Wildman–Crippen MR) is 107 cm³/mol. The van der Waals surface area contributed by atoms with Crippen molar-refractivity contribution < 1.29 is 14.3 Å². The van der Waals surface area contributed by atoms with Gasteiger partial charge in [0.15, 0.2) is 23.0 Å². The largest absolute Gasteiger partial charge is 0.493 e. The molecule has 0 unspecified atom stereocenters. The molecule has 0 atom stereocenters. The third-order valence-electron chi connectivity index (χ3n) is 4.18. The van der Waals surface area contributed by atoms with E-state index in [0.29, 0.717) is 30.5 Å². The predicted octanol–water partition coefficient (Wildman–Crippen LogP) is 3.25. The molecule has 1 aromatic carbocycles. The average molecular weight is 380 g/mol. The Balaban J connectivity index is 1.58. The Morgan fingerprint density at radius 2 is 2.11 bits per heavy atom. The van der Waals surface area contributed by atoms with Crippen LogP contribution in [0.15, 0.2) is 48.7 Å². The van der Waals surface area contributed by atoms with Crippen LogP contribution in [-0.4, -0.2) is 34.2 Å². The Morgan fingerprint density at radius 1 is 1.21 bits per heavy atom. The van der Waals surface area contributed by atoms with Gasteiger partial charge in [0.25, 0.3) is 0 Å². The number of methoxy groups -OCH3 is 1. The summed E-state index contributed by atoms with van der Waals surface area (Å²) in [6.07, 6.45) is 7.14. The summed E-state index contributed by atoms with van der Waals surface area (Å²) in [6, 6.07) is 11.2. The van der Waals surface area contributed by atoms with Crippen LogP contribution in [-0.2, 0) is 11.3 Å². The number of amides is 1. The Hall–Kier alpha value is -3.35. The fourth-order valence-electron chi connectivity index (χ4n) is 2.64. The van der Waals surface area contributed by atoms with Crippen molar-refractivity contribution in [3.8, 4) is 11.5 Å². The van der Waals surface area contributed by atoms with Crippen molar-refractivity contribution >= 4 is 17.6 Å². The molecule has 0 aliphatic heterocycles. The normalized spacial score (nSPS) is 11.1. The van der Waals surface area contributed by atoms with Gasteiger partial charge in [0.05, 0.1) is 20.3 Å². The number of benzene rings is 1. The summed E-state index contributed by atoms with van der Waals surface area (Å²) < 4.78 is 12.9. The highest BCUT2D eigenvalue weighted by atomic mass is 16.5. The quantitative estimate of drug-likeness (QED) is 0.455. The van der Waals surface area contributed by atoms with Crippen molar-refractivity contribution in [2.24, 2.45) is 0 Å². The SMILES string of the molecule is CCCCOc1ccc(/C=C/C(=O)NCc2nnc3ccccn23)cc1OC. The second kappa shape index (κ2) is 9.55. The van der Waals surface area contributed by atoms with E-state index in [4.69, 9.17) is 9.47 Å². The van der Waals surface area contributed by atoms with Crippen molar-refractivity contribution in [2.45, 2.75) is 26.3 Å². The summed E-state index contributed by atoms with van der Waals surface area (Å²) in [5.41, 5.74) is 1.60. The van der Waals surface area contributed by atoms with Gasteiger partial charge < -0.3 is 14.8 Å². The smallest absolute Gasteiger partial charge is 0.244 e. The molecule has 0 aliphatic carbocycles. The Morgan fingerprint density at radius 3 is 2.93 bits per heavy atom. The van der Waals surface area contributed by atoms with Gasteiger partial charge >= 0.3 is 0 Å². The van der Waals surface area contributed by atoms with Crippen LogP contribution in [0.2, 0.25) is 0 Å². The first-order valence-corrected chi connectivity index (χ1v) is 9.26. The molecule has 3 rings (SSSR count). The first-order valence-electron chi connectivity index (χ1n) is 9.26. The summed E-state index contributed by atoms with van der Waals surface area (Å²) in [4.78, 5) is 12.1. The number of nitrogens with one attached hydrogen (secondary N) is 1. The number of hydrogen-bond acceptors (Lipinski definition) is 5. The number of ether oxygens (including phenoxy) is 2. The molecule has 0 bridgehead atoms. The van der Waals surface area contributed by atoms with E-state index < -0.39 is 0 Å². The van der Waals surface area contributed by atoms with Crippen molar-refractivity contribution in [2.75, 3.05) is 13.7 Å². The van der Waals surface area contributed by atoms with E-state index in [1.807, 2.05) is 47.0 Å². The highest BCUT2D eigenvalue weighted by Gasteiger charge is 2.07. The number of nitrogens with zero attached hydrogens (tertiary/aromatic N) is 3. The van der Waals surface area contributed by atoms with Gasteiger partial charge in [-0.05, 0) is 42.3 Å². The van der Waals surface area contributed by atoms with Gasteiger partial charge in [-0.15, -0.1) is 10.2 Å². The van der Waals surface area contributed by atoms with Crippen molar-refractivity contribution in [3.63, 3.8) is 0 Å². The fourth-order valence-corrected chi connectivity index (χ4v) is 2.64. The van der Waals surface area contributed by atoms with Gasteiger partial charge in [0.2, 0.25) is 5.91 Å². The van der Waals surface area contributed by atoms with Gasteiger partial charge in [0.1, 0.15) is 0 Å². The lowest BCUT2D eigenvalue weighted by molar-refractivity contribution is -0.116.